The van der Waals surface area contributed by atoms with Crippen LogP contribution in [0.3, 0.4) is 0 Å². The molecule has 0 aromatic carbocycles. The van der Waals surface area contributed by atoms with E-state index in [-0.39, 0.29) is 11.9 Å². The van der Waals surface area contributed by atoms with E-state index in [4.69, 9.17) is 10.5 Å². The van der Waals surface area contributed by atoms with Gasteiger partial charge in [0.25, 0.3) is 0 Å². The van der Waals surface area contributed by atoms with E-state index in [9.17, 15) is 4.79 Å². The van der Waals surface area contributed by atoms with E-state index in [2.05, 4.69) is 4.90 Å². The van der Waals surface area contributed by atoms with Crippen molar-refractivity contribution in [1.29, 1.82) is 0 Å². The maximum Gasteiger partial charge on any atom is 0.224 e. The number of nitrogens with two attached hydrogens (primary N) is 1. The highest BCUT2D eigenvalue weighted by Gasteiger charge is 2.23. The van der Waals surface area contributed by atoms with Gasteiger partial charge in [-0.15, -0.1) is 0 Å². The van der Waals surface area contributed by atoms with Crippen LogP contribution in [0.25, 0.3) is 0 Å². The second-order valence-corrected chi connectivity index (χ2v) is 4.86. The van der Waals surface area contributed by atoms with Crippen LogP contribution in [0, 0.1) is 0 Å². The van der Waals surface area contributed by atoms with Gasteiger partial charge in [-0.25, -0.2) is 0 Å². The van der Waals surface area contributed by atoms with Crippen molar-refractivity contribution in [2.45, 2.75) is 32.2 Å². The molecule has 0 bridgehead atoms. The lowest BCUT2D eigenvalue weighted by atomic mass is 10.1. The molecular weight excluding hydrogens is 230 g/mol. The normalized spacial score (nSPS) is 17.4. The summed E-state index contributed by atoms with van der Waals surface area (Å²) in [6.07, 6.45) is 2.80. The molecular formula is C13H27N3O2. The first kappa shape index (κ1) is 15.4. The number of carbonyl (C=O) groups is 1. The van der Waals surface area contributed by atoms with Gasteiger partial charge in [-0.2, -0.15) is 0 Å². The van der Waals surface area contributed by atoms with Crippen molar-refractivity contribution in [2.24, 2.45) is 5.73 Å². The number of carbonyl (C=O) groups excluding carboxylic acids is 1. The van der Waals surface area contributed by atoms with Crippen LogP contribution in [0.5, 0.6) is 0 Å². The largest absolute Gasteiger partial charge is 0.380 e. The number of hydrogen-bond donors (Lipinski definition) is 1. The van der Waals surface area contributed by atoms with Gasteiger partial charge in [0, 0.05) is 45.2 Å². The van der Waals surface area contributed by atoms with E-state index in [1.54, 1.807) is 0 Å². The quantitative estimate of drug-likeness (QED) is 0.635. The molecule has 1 aliphatic heterocycles. The van der Waals surface area contributed by atoms with Gasteiger partial charge in [0.05, 0.1) is 6.61 Å². The van der Waals surface area contributed by atoms with Crippen LogP contribution in [0.2, 0.25) is 0 Å². The van der Waals surface area contributed by atoms with Crippen molar-refractivity contribution in [3.63, 3.8) is 0 Å². The molecule has 0 radical (unpaired) electrons. The highest BCUT2D eigenvalue weighted by molar-refractivity contribution is 5.77. The second-order valence-electron chi connectivity index (χ2n) is 4.86. The zero-order valence-electron chi connectivity index (χ0n) is 11.7. The Kier molecular flexibility index (Phi) is 7.23. The minimum absolute atomic E-state index is 0.124. The van der Waals surface area contributed by atoms with Crippen LogP contribution in [-0.4, -0.2) is 68.2 Å². The fourth-order valence-electron chi connectivity index (χ4n) is 2.25. The van der Waals surface area contributed by atoms with Gasteiger partial charge >= 0.3 is 0 Å². The molecule has 1 atom stereocenters. The smallest absolute Gasteiger partial charge is 0.224 e. The number of hydrogen-bond acceptors (Lipinski definition) is 4. The van der Waals surface area contributed by atoms with E-state index < -0.39 is 0 Å². The molecule has 1 unspecified atom stereocenters. The molecule has 0 aliphatic carbocycles. The maximum absolute atomic E-state index is 12.1. The van der Waals surface area contributed by atoms with Crippen LogP contribution in [0.15, 0.2) is 0 Å². The molecule has 5 nitrogen and oxygen atoms in total. The third-order valence-corrected chi connectivity index (χ3v) is 3.56. The fraction of sp³-hybridized carbons (Fsp3) is 0.923. The van der Waals surface area contributed by atoms with Gasteiger partial charge in [0.2, 0.25) is 5.91 Å². The number of amides is 1. The fourth-order valence-corrected chi connectivity index (χ4v) is 2.25. The Morgan fingerprint density at radius 2 is 2.11 bits per heavy atom. The average Bonchev–Trinajstić information content (AvgIpc) is 2.89. The molecule has 0 saturated carbocycles. The van der Waals surface area contributed by atoms with Crippen LogP contribution < -0.4 is 5.73 Å². The van der Waals surface area contributed by atoms with E-state index in [1.807, 2.05) is 18.9 Å². The minimum Gasteiger partial charge on any atom is -0.380 e. The van der Waals surface area contributed by atoms with Crippen molar-refractivity contribution >= 4 is 5.91 Å². The summed E-state index contributed by atoms with van der Waals surface area (Å²) >= 11 is 0. The van der Waals surface area contributed by atoms with Crippen LogP contribution >= 0.6 is 0 Å². The van der Waals surface area contributed by atoms with Crippen molar-refractivity contribution < 1.29 is 9.53 Å². The number of nitrogens with zero attached hydrogens (tertiary/aromatic N) is 2. The van der Waals surface area contributed by atoms with E-state index >= 15 is 0 Å². The Bertz CT molecular complexity index is 242. The first-order valence-corrected chi connectivity index (χ1v) is 6.94. The Labute approximate surface area is 110 Å². The molecule has 0 aromatic rings. The molecule has 1 aliphatic rings. The predicted octanol–water partition coefficient (Wildman–Crippen LogP) is 0.295. The number of ether oxygens (including phenoxy) is 1. The highest BCUT2D eigenvalue weighted by Crippen LogP contribution is 2.11. The summed E-state index contributed by atoms with van der Waals surface area (Å²) in [5.74, 6) is 0.242. The molecule has 1 rings (SSSR count). The average molecular weight is 257 g/mol. The SMILES string of the molecule is CCOCCN(C)C(CN)CC(=O)N1CCCC1. The first-order valence-electron chi connectivity index (χ1n) is 6.94. The van der Waals surface area contributed by atoms with Crippen molar-refractivity contribution in [3.8, 4) is 0 Å². The molecule has 0 spiro atoms. The second kappa shape index (κ2) is 8.45. The van der Waals surface area contributed by atoms with Crippen molar-refractivity contribution in [3.05, 3.63) is 0 Å². The molecule has 106 valence electrons. The number of rotatable bonds is 8. The molecule has 1 amide bonds. The van der Waals surface area contributed by atoms with Gasteiger partial charge in [0.1, 0.15) is 0 Å². The number of likely N-dealkylation sites (tertiary alicyclic amines) is 1. The monoisotopic (exact) mass is 257 g/mol. The van der Waals surface area contributed by atoms with E-state index in [0.29, 0.717) is 19.6 Å². The molecule has 2 N–H and O–H groups in total. The summed E-state index contributed by atoms with van der Waals surface area (Å²) in [6.45, 7) is 6.58. The maximum atomic E-state index is 12.1. The summed E-state index contributed by atoms with van der Waals surface area (Å²) in [5, 5.41) is 0. The minimum atomic E-state index is 0.124. The Morgan fingerprint density at radius 1 is 1.44 bits per heavy atom. The molecule has 1 heterocycles. The Balaban J connectivity index is 2.32. The van der Waals surface area contributed by atoms with Gasteiger partial charge in [0.15, 0.2) is 0 Å². The Morgan fingerprint density at radius 3 is 2.67 bits per heavy atom. The van der Waals surface area contributed by atoms with Crippen molar-refractivity contribution in [1.82, 2.24) is 9.80 Å². The van der Waals surface area contributed by atoms with E-state index in [1.165, 1.54) is 0 Å². The molecule has 1 saturated heterocycles. The first-order chi connectivity index (χ1) is 8.69. The van der Waals surface area contributed by atoms with Gasteiger partial charge in [-0.1, -0.05) is 0 Å². The zero-order chi connectivity index (χ0) is 13.4. The molecule has 1 fully saturated rings. The van der Waals surface area contributed by atoms with Crippen LogP contribution in [0.1, 0.15) is 26.2 Å². The zero-order valence-corrected chi connectivity index (χ0v) is 11.7. The lowest BCUT2D eigenvalue weighted by molar-refractivity contribution is -0.131. The molecule has 5 heteroatoms. The molecule has 0 aromatic heterocycles. The van der Waals surface area contributed by atoms with Gasteiger partial charge in [-0.05, 0) is 26.8 Å². The van der Waals surface area contributed by atoms with Gasteiger partial charge in [-0.3, -0.25) is 9.69 Å². The summed E-state index contributed by atoms with van der Waals surface area (Å²) in [6, 6.07) is 0.124. The highest BCUT2D eigenvalue weighted by atomic mass is 16.5. The van der Waals surface area contributed by atoms with Crippen LogP contribution in [-0.2, 0) is 9.53 Å². The number of likely N-dealkylation sites (N-methyl/N-ethyl adjacent to an activating group) is 1. The lowest BCUT2D eigenvalue weighted by Crippen LogP contribution is -2.43. The Hall–Kier alpha value is -0.650. The lowest BCUT2D eigenvalue weighted by Gasteiger charge is -2.28. The van der Waals surface area contributed by atoms with Crippen LogP contribution in [0.4, 0.5) is 0 Å². The summed E-state index contributed by atoms with van der Waals surface area (Å²) in [5.41, 5.74) is 5.77. The standard InChI is InChI=1S/C13H27N3O2/c1-3-18-9-8-15(2)12(11-14)10-13(17)16-6-4-5-7-16/h12H,3-11,14H2,1-2H3. The third-order valence-electron chi connectivity index (χ3n) is 3.56. The summed E-state index contributed by atoms with van der Waals surface area (Å²) < 4.78 is 5.33. The summed E-state index contributed by atoms with van der Waals surface area (Å²) in [7, 11) is 2.01. The summed E-state index contributed by atoms with van der Waals surface area (Å²) in [4.78, 5) is 16.1. The van der Waals surface area contributed by atoms with Crippen molar-refractivity contribution in [2.75, 3.05) is 46.4 Å². The molecule has 18 heavy (non-hydrogen) atoms. The van der Waals surface area contributed by atoms with Gasteiger partial charge < -0.3 is 15.4 Å². The predicted molar refractivity (Wildman–Crippen MR) is 72.4 cm³/mol. The third kappa shape index (κ3) is 4.92. The van der Waals surface area contributed by atoms with E-state index in [0.717, 1.165) is 39.1 Å². The topological polar surface area (TPSA) is 58.8 Å².